The van der Waals surface area contributed by atoms with E-state index in [0.717, 1.165) is 19.5 Å². The van der Waals surface area contributed by atoms with Gasteiger partial charge in [0.2, 0.25) is 0 Å². The second kappa shape index (κ2) is 7.58. The molecule has 0 saturated heterocycles. The van der Waals surface area contributed by atoms with Gasteiger partial charge in [-0.25, -0.2) is 0 Å². The van der Waals surface area contributed by atoms with Crippen LogP contribution in [0.4, 0.5) is 0 Å². The van der Waals surface area contributed by atoms with Crippen molar-refractivity contribution in [1.82, 2.24) is 4.90 Å². The molecule has 5 heteroatoms. The van der Waals surface area contributed by atoms with Crippen LogP contribution in [0.2, 0.25) is 0 Å². The first kappa shape index (κ1) is 13.2. The third kappa shape index (κ3) is 3.93. The Morgan fingerprint density at radius 1 is 1.57 bits per heavy atom. The Morgan fingerprint density at radius 3 is 2.57 bits per heavy atom. The highest BCUT2D eigenvalue weighted by Gasteiger charge is 2.18. The van der Waals surface area contributed by atoms with Crippen molar-refractivity contribution in [3.63, 3.8) is 0 Å². The quantitative estimate of drug-likeness (QED) is 0.273. The fourth-order valence-electron chi connectivity index (χ4n) is 1.46. The van der Waals surface area contributed by atoms with Crippen molar-refractivity contribution in [3.05, 3.63) is 0 Å². The fraction of sp³-hybridized carbons (Fsp3) is 0.889. The van der Waals surface area contributed by atoms with Gasteiger partial charge in [-0.15, -0.1) is 0 Å². The number of ether oxygens (including phenoxy) is 1. The number of hydrogen-bond donors (Lipinski definition) is 2. The lowest BCUT2D eigenvalue weighted by Crippen LogP contribution is -2.45. The Hall–Kier alpha value is -0.810. The Morgan fingerprint density at radius 2 is 2.21 bits per heavy atom. The summed E-state index contributed by atoms with van der Waals surface area (Å²) >= 11 is 0. The summed E-state index contributed by atoms with van der Waals surface area (Å²) in [4.78, 5) is 2.12. The van der Waals surface area contributed by atoms with E-state index in [9.17, 15) is 0 Å². The molecule has 0 aromatic carbocycles. The van der Waals surface area contributed by atoms with Gasteiger partial charge in [0.1, 0.15) is 0 Å². The summed E-state index contributed by atoms with van der Waals surface area (Å²) in [5.74, 6) is 0.269. The summed E-state index contributed by atoms with van der Waals surface area (Å²) in [7, 11) is 1.66. The number of likely N-dealkylation sites (N-methyl/N-ethyl adjacent to an activating group) is 1. The molecule has 1 atom stereocenters. The van der Waals surface area contributed by atoms with Crippen molar-refractivity contribution in [1.29, 1.82) is 0 Å². The monoisotopic (exact) mass is 203 g/mol. The van der Waals surface area contributed by atoms with Crippen LogP contribution >= 0.6 is 0 Å². The Labute approximate surface area is 85.5 Å². The summed E-state index contributed by atoms with van der Waals surface area (Å²) in [6.45, 7) is 6.37. The second-order valence-electron chi connectivity index (χ2n) is 3.07. The van der Waals surface area contributed by atoms with Crippen LogP contribution in [0.25, 0.3) is 0 Å². The Bertz CT molecular complexity index is 173. The lowest BCUT2D eigenvalue weighted by atomic mass is 10.1. The molecule has 0 aromatic rings. The molecule has 3 N–H and O–H groups in total. The first-order valence-corrected chi connectivity index (χ1v) is 4.91. The van der Waals surface area contributed by atoms with Gasteiger partial charge in [-0.3, -0.25) is 4.90 Å². The van der Waals surface area contributed by atoms with Gasteiger partial charge in [0.05, 0.1) is 12.6 Å². The minimum absolute atomic E-state index is 0.000139. The van der Waals surface area contributed by atoms with Gasteiger partial charge < -0.3 is 15.7 Å². The van der Waals surface area contributed by atoms with Gasteiger partial charge in [0.15, 0.2) is 5.84 Å². The highest BCUT2D eigenvalue weighted by molar-refractivity contribution is 5.85. The van der Waals surface area contributed by atoms with E-state index in [1.54, 1.807) is 7.11 Å². The molecule has 0 heterocycles. The SMILES string of the molecule is CCC(C(N)=NO)N(CC)CCOC. The third-order valence-electron chi connectivity index (χ3n) is 2.27. The van der Waals surface area contributed by atoms with Crippen molar-refractivity contribution in [2.24, 2.45) is 10.9 Å². The van der Waals surface area contributed by atoms with Crippen LogP contribution in [0.1, 0.15) is 20.3 Å². The molecule has 0 amide bonds. The number of methoxy groups -OCH3 is 1. The van der Waals surface area contributed by atoms with E-state index in [2.05, 4.69) is 10.1 Å². The first-order chi connectivity index (χ1) is 6.71. The maximum Gasteiger partial charge on any atom is 0.156 e. The number of hydrogen-bond acceptors (Lipinski definition) is 4. The van der Waals surface area contributed by atoms with E-state index in [-0.39, 0.29) is 11.9 Å². The molecule has 0 aliphatic carbocycles. The van der Waals surface area contributed by atoms with Crippen molar-refractivity contribution < 1.29 is 9.94 Å². The van der Waals surface area contributed by atoms with Crippen molar-refractivity contribution in [2.45, 2.75) is 26.3 Å². The highest BCUT2D eigenvalue weighted by Crippen LogP contribution is 2.03. The largest absolute Gasteiger partial charge is 0.409 e. The summed E-state index contributed by atoms with van der Waals surface area (Å²) < 4.78 is 5.00. The second-order valence-corrected chi connectivity index (χ2v) is 3.07. The molecular weight excluding hydrogens is 182 g/mol. The van der Waals surface area contributed by atoms with Crippen molar-refractivity contribution >= 4 is 5.84 Å². The molecule has 1 unspecified atom stereocenters. The number of rotatable bonds is 7. The minimum atomic E-state index is 0.000139. The molecule has 0 aliphatic heterocycles. The van der Waals surface area contributed by atoms with Crippen molar-refractivity contribution in [2.75, 3.05) is 26.8 Å². The highest BCUT2D eigenvalue weighted by atomic mass is 16.5. The molecule has 14 heavy (non-hydrogen) atoms. The van der Waals surface area contributed by atoms with Gasteiger partial charge in [-0.2, -0.15) is 0 Å². The van der Waals surface area contributed by atoms with Crippen LogP contribution in [0.5, 0.6) is 0 Å². The molecule has 0 saturated carbocycles. The van der Waals surface area contributed by atoms with Gasteiger partial charge in [-0.1, -0.05) is 19.0 Å². The molecule has 0 radical (unpaired) electrons. The van der Waals surface area contributed by atoms with E-state index in [1.807, 2.05) is 13.8 Å². The third-order valence-corrected chi connectivity index (χ3v) is 2.27. The summed E-state index contributed by atoms with van der Waals surface area (Å²) in [6.07, 6.45) is 0.827. The molecule has 0 bridgehead atoms. The van der Waals surface area contributed by atoms with E-state index in [1.165, 1.54) is 0 Å². The van der Waals surface area contributed by atoms with Crippen LogP contribution < -0.4 is 5.73 Å². The molecule has 0 spiro atoms. The molecule has 84 valence electrons. The minimum Gasteiger partial charge on any atom is -0.409 e. The molecule has 0 fully saturated rings. The Balaban J connectivity index is 4.29. The average molecular weight is 203 g/mol. The van der Waals surface area contributed by atoms with E-state index >= 15 is 0 Å². The van der Waals surface area contributed by atoms with Gasteiger partial charge >= 0.3 is 0 Å². The Kier molecular flexibility index (Phi) is 7.14. The predicted molar refractivity (Wildman–Crippen MR) is 56.6 cm³/mol. The molecule has 0 aliphatic rings. The van der Waals surface area contributed by atoms with Crippen molar-refractivity contribution in [3.8, 4) is 0 Å². The van der Waals surface area contributed by atoms with E-state index in [4.69, 9.17) is 15.7 Å². The molecule has 5 nitrogen and oxygen atoms in total. The normalized spacial score (nSPS) is 14.7. The lowest BCUT2D eigenvalue weighted by molar-refractivity contribution is 0.138. The fourth-order valence-corrected chi connectivity index (χ4v) is 1.46. The van der Waals surface area contributed by atoms with Gasteiger partial charge in [0, 0.05) is 13.7 Å². The standard InChI is InChI=1S/C9H21N3O2/c1-4-8(9(10)11-13)12(5-2)6-7-14-3/h8,13H,4-7H2,1-3H3,(H2,10,11). The molecular formula is C9H21N3O2. The number of nitrogens with two attached hydrogens (primary N) is 1. The lowest BCUT2D eigenvalue weighted by Gasteiger charge is -2.28. The zero-order chi connectivity index (χ0) is 11.0. The maximum absolute atomic E-state index is 8.61. The zero-order valence-corrected chi connectivity index (χ0v) is 9.23. The summed E-state index contributed by atoms with van der Waals surface area (Å²) in [5.41, 5.74) is 5.59. The summed E-state index contributed by atoms with van der Waals surface area (Å²) in [6, 6.07) is 0.000139. The van der Waals surface area contributed by atoms with Crippen LogP contribution in [0, 0.1) is 0 Å². The van der Waals surface area contributed by atoms with E-state index in [0.29, 0.717) is 6.61 Å². The molecule has 0 aromatic heterocycles. The number of amidine groups is 1. The van der Waals surface area contributed by atoms with Crippen LogP contribution in [0.15, 0.2) is 5.16 Å². The number of nitrogens with zero attached hydrogens (tertiary/aromatic N) is 2. The van der Waals surface area contributed by atoms with E-state index < -0.39 is 0 Å². The maximum atomic E-state index is 8.61. The van der Waals surface area contributed by atoms with Crippen LogP contribution in [0.3, 0.4) is 0 Å². The van der Waals surface area contributed by atoms with Gasteiger partial charge in [0.25, 0.3) is 0 Å². The van der Waals surface area contributed by atoms with Gasteiger partial charge in [-0.05, 0) is 13.0 Å². The predicted octanol–water partition coefficient (Wildman–Crippen LogP) is 0.480. The van der Waals surface area contributed by atoms with Crippen LogP contribution in [-0.4, -0.2) is 48.8 Å². The average Bonchev–Trinajstić information content (AvgIpc) is 2.23. The summed E-state index contributed by atoms with van der Waals surface area (Å²) in [5, 5.41) is 11.7. The zero-order valence-electron chi connectivity index (χ0n) is 9.23. The smallest absolute Gasteiger partial charge is 0.156 e. The number of oxime groups is 1. The topological polar surface area (TPSA) is 71.1 Å². The van der Waals surface area contributed by atoms with Crippen LogP contribution in [-0.2, 0) is 4.74 Å². The molecule has 0 rings (SSSR count). The first-order valence-electron chi connectivity index (χ1n) is 4.91.